The number of amides is 1. The molecule has 0 spiro atoms. The van der Waals surface area contributed by atoms with Gasteiger partial charge in [0.1, 0.15) is 10.8 Å². The number of hydrogen-bond donors (Lipinski definition) is 2. The maximum atomic E-state index is 13.9. The average Bonchev–Trinajstić information content (AvgIpc) is 3.01. The van der Waals surface area contributed by atoms with E-state index in [0.29, 0.717) is 17.1 Å². The van der Waals surface area contributed by atoms with Crippen molar-refractivity contribution in [2.75, 3.05) is 19.5 Å². The Bertz CT molecular complexity index is 985. The van der Waals surface area contributed by atoms with Crippen LogP contribution in [0.3, 0.4) is 0 Å². The van der Waals surface area contributed by atoms with Crippen LogP contribution in [0.5, 0.6) is 11.5 Å². The highest BCUT2D eigenvalue weighted by Gasteiger charge is 2.48. The Kier molecular flexibility index (Phi) is 6.05. The summed E-state index contributed by atoms with van der Waals surface area (Å²) >= 11 is 6.32. The summed E-state index contributed by atoms with van der Waals surface area (Å²) in [5.41, 5.74) is -0.318. The van der Waals surface area contributed by atoms with Crippen LogP contribution < -0.4 is 20.1 Å². The number of carbonyl (C=O) groups is 1. The van der Waals surface area contributed by atoms with Crippen molar-refractivity contribution in [1.82, 2.24) is 15.1 Å². The van der Waals surface area contributed by atoms with Crippen molar-refractivity contribution in [3.8, 4) is 11.5 Å². The molecule has 0 bridgehead atoms. The van der Waals surface area contributed by atoms with Crippen LogP contribution in [-0.2, 0) is 0 Å². The molecule has 2 aromatic rings. The molecule has 0 fully saturated rings. The largest absolute Gasteiger partial charge is 0.493 e. The van der Waals surface area contributed by atoms with Crippen LogP contribution in [0.25, 0.3) is 0 Å². The smallest absolute Gasteiger partial charge is 0.410 e. The number of benzene rings is 1. The molecule has 1 aliphatic rings. The summed E-state index contributed by atoms with van der Waals surface area (Å²) in [4.78, 5) is 12.6. The first-order valence-corrected chi connectivity index (χ1v) is 9.89. The Morgan fingerprint density at radius 2 is 1.87 bits per heavy atom. The van der Waals surface area contributed by atoms with E-state index in [-0.39, 0.29) is 23.0 Å². The van der Waals surface area contributed by atoms with Crippen LogP contribution in [0.2, 0.25) is 5.02 Å². The van der Waals surface area contributed by atoms with Crippen molar-refractivity contribution < 1.29 is 27.4 Å². The van der Waals surface area contributed by atoms with E-state index in [2.05, 4.69) is 15.7 Å². The molecule has 2 atom stereocenters. The number of ether oxygens (including phenoxy) is 2. The van der Waals surface area contributed by atoms with Crippen LogP contribution >= 0.6 is 11.6 Å². The van der Waals surface area contributed by atoms with E-state index in [4.69, 9.17) is 21.1 Å². The van der Waals surface area contributed by atoms with Crippen LogP contribution in [0.15, 0.2) is 18.2 Å². The molecule has 1 amide bonds. The molecule has 7 nitrogen and oxygen atoms in total. The van der Waals surface area contributed by atoms with Gasteiger partial charge in [-0.3, -0.25) is 4.79 Å². The summed E-state index contributed by atoms with van der Waals surface area (Å²) in [5, 5.41) is 9.43. The van der Waals surface area contributed by atoms with E-state index in [1.807, 2.05) is 0 Å². The van der Waals surface area contributed by atoms with Crippen LogP contribution in [0, 0.1) is 0 Å². The van der Waals surface area contributed by atoms with Crippen LogP contribution in [-0.4, -0.2) is 41.6 Å². The van der Waals surface area contributed by atoms with E-state index in [1.54, 1.807) is 39.0 Å². The predicted octanol–water partition coefficient (Wildman–Crippen LogP) is 4.74. The maximum Gasteiger partial charge on any atom is 0.410 e. The second kappa shape index (κ2) is 8.14. The van der Waals surface area contributed by atoms with Crippen molar-refractivity contribution in [2.45, 2.75) is 51.0 Å². The third-order valence-corrected chi connectivity index (χ3v) is 5.17. The fraction of sp³-hybridized carbons (Fsp3) is 0.500. The lowest BCUT2D eigenvalue weighted by Gasteiger charge is -2.33. The van der Waals surface area contributed by atoms with Gasteiger partial charge in [-0.2, -0.15) is 18.3 Å². The van der Waals surface area contributed by atoms with Gasteiger partial charge in [-0.25, -0.2) is 4.68 Å². The molecule has 31 heavy (non-hydrogen) atoms. The number of carbonyl (C=O) groups excluding carboxylic acids is 1. The quantitative estimate of drug-likeness (QED) is 0.689. The molecular formula is C20H24ClF3N4O3. The standard InChI is InChI=1S/C20H24ClF3N4O3/c1-19(2,3)26-18(29)16-15(21)17-25-11(9-14(20(22,23)24)28(17)27-16)10-6-7-12(30-4)13(8-10)31-5/h6-8,11,14,25H,9H2,1-5H3,(H,26,29)/t11-,14+/m1/s1. The summed E-state index contributed by atoms with van der Waals surface area (Å²) in [6.45, 7) is 5.25. The zero-order chi connectivity index (χ0) is 23.1. The van der Waals surface area contributed by atoms with E-state index in [9.17, 15) is 18.0 Å². The predicted molar refractivity (Wildman–Crippen MR) is 110 cm³/mol. The molecule has 170 valence electrons. The third kappa shape index (κ3) is 4.68. The lowest BCUT2D eigenvalue weighted by Crippen LogP contribution is -2.41. The molecule has 2 heterocycles. The van der Waals surface area contributed by atoms with Gasteiger partial charge in [0.15, 0.2) is 23.2 Å². The number of fused-ring (bicyclic) bond motifs is 1. The summed E-state index contributed by atoms with van der Waals surface area (Å²) < 4.78 is 52.9. The third-order valence-electron chi connectivity index (χ3n) is 4.81. The van der Waals surface area contributed by atoms with Gasteiger partial charge in [-0.1, -0.05) is 17.7 Å². The minimum atomic E-state index is -4.60. The molecule has 11 heteroatoms. The molecule has 2 N–H and O–H groups in total. The summed E-state index contributed by atoms with van der Waals surface area (Å²) in [6.07, 6.45) is -4.94. The highest BCUT2D eigenvalue weighted by Crippen LogP contribution is 2.47. The van der Waals surface area contributed by atoms with Gasteiger partial charge < -0.3 is 20.1 Å². The Labute approximate surface area is 182 Å². The summed E-state index contributed by atoms with van der Waals surface area (Å²) in [6, 6.07) is 2.17. The molecule has 1 aromatic carbocycles. The zero-order valence-electron chi connectivity index (χ0n) is 17.7. The number of nitrogens with one attached hydrogen (secondary N) is 2. The van der Waals surface area contributed by atoms with Crippen molar-refractivity contribution in [1.29, 1.82) is 0 Å². The van der Waals surface area contributed by atoms with E-state index < -0.39 is 29.7 Å². The number of halogens is 4. The number of nitrogens with zero attached hydrogens (tertiary/aromatic N) is 2. The molecule has 0 aliphatic carbocycles. The van der Waals surface area contributed by atoms with Gasteiger partial charge in [0.05, 0.1) is 20.3 Å². The van der Waals surface area contributed by atoms with Crippen LogP contribution in [0.1, 0.15) is 55.3 Å². The minimum absolute atomic E-state index is 0.0610. The number of rotatable bonds is 4. The molecule has 0 saturated heterocycles. The second-order valence-electron chi connectivity index (χ2n) is 8.26. The lowest BCUT2D eigenvalue weighted by atomic mass is 9.96. The normalized spacial score (nSPS) is 18.7. The first-order chi connectivity index (χ1) is 14.4. The minimum Gasteiger partial charge on any atom is -0.493 e. The van der Waals surface area contributed by atoms with Crippen molar-refractivity contribution in [3.05, 3.63) is 34.5 Å². The molecular weight excluding hydrogens is 437 g/mol. The van der Waals surface area contributed by atoms with E-state index in [1.165, 1.54) is 14.2 Å². The van der Waals surface area contributed by atoms with Crippen molar-refractivity contribution in [2.24, 2.45) is 0 Å². The van der Waals surface area contributed by atoms with Crippen molar-refractivity contribution >= 4 is 23.3 Å². The molecule has 0 radical (unpaired) electrons. The maximum absolute atomic E-state index is 13.9. The first-order valence-electron chi connectivity index (χ1n) is 9.51. The zero-order valence-corrected chi connectivity index (χ0v) is 18.5. The lowest BCUT2D eigenvalue weighted by molar-refractivity contribution is -0.173. The van der Waals surface area contributed by atoms with Gasteiger partial charge >= 0.3 is 6.18 Å². The summed E-state index contributed by atoms with van der Waals surface area (Å²) in [7, 11) is 2.92. The van der Waals surface area contributed by atoms with Crippen molar-refractivity contribution in [3.63, 3.8) is 0 Å². The first kappa shape index (κ1) is 23.1. The SMILES string of the molecule is COc1ccc([C@H]2C[C@@H](C(F)(F)F)n3nc(C(=O)NC(C)(C)C)c(Cl)c3N2)cc1OC. The van der Waals surface area contributed by atoms with Gasteiger partial charge in [0.25, 0.3) is 5.91 Å². The number of hydrogen-bond acceptors (Lipinski definition) is 5. The fourth-order valence-electron chi connectivity index (χ4n) is 3.42. The number of anilines is 1. The molecule has 0 saturated carbocycles. The number of alkyl halides is 3. The average molecular weight is 461 g/mol. The monoisotopic (exact) mass is 460 g/mol. The van der Waals surface area contributed by atoms with E-state index in [0.717, 1.165) is 4.68 Å². The second-order valence-corrected chi connectivity index (χ2v) is 8.64. The fourth-order valence-corrected chi connectivity index (χ4v) is 3.69. The Morgan fingerprint density at radius 3 is 2.42 bits per heavy atom. The Morgan fingerprint density at radius 1 is 1.23 bits per heavy atom. The van der Waals surface area contributed by atoms with E-state index >= 15 is 0 Å². The molecule has 3 rings (SSSR count). The highest BCUT2D eigenvalue weighted by molar-refractivity contribution is 6.36. The highest BCUT2D eigenvalue weighted by atomic mass is 35.5. The van der Waals surface area contributed by atoms with Gasteiger partial charge in [-0.05, 0) is 38.5 Å². The Hall–Kier alpha value is -2.62. The van der Waals surface area contributed by atoms with Gasteiger partial charge in [0, 0.05) is 12.0 Å². The summed E-state index contributed by atoms with van der Waals surface area (Å²) in [5.74, 6) is 0.137. The van der Waals surface area contributed by atoms with Crippen LogP contribution in [0.4, 0.5) is 19.0 Å². The molecule has 1 aromatic heterocycles. The Balaban J connectivity index is 2.04. The van der Waals surface area contributed by atoms with Gasteiger partial charge in [0.2, 0.25) is 0 Å². The molecule has 1 aliphatic heterocycles. The number of aromatic nitrogens is 2. The number of methoxy groups -OCH3 is 2. The van der Waals surface area contributed by atoms with Gasteiger partial charge in [-0.15, -0.1) is 0 Å². The molecule has 0 unspecified atom stereocenters. The topological polar surface area (TPSA) is 77.4 Å².